The summed E-state index contributed by atoms with van der Waals surface area (Å²) in [5.41, 5.74) is 2.71. The first-order chi connectivity index (χ1) is 10.7. The number of methoxy groups -OCH3 is 1. The molecule has 0 fully saturated rings. The largest absolute Gasteiger partial charge is 0.497 e. The van der Waals surface area contributed by atoms with Crippen LogP contribution in [0.3, 0.4) is 0 Å². The minimum Gasteiger partial charge on any atom is -0.497 e. The number of hydrogen-bond donors (Lipinski definition) is 1. The average Bonchev–Trinajstić information content (AvgIpc) is 2.99. The first-order valence-corrected chi connectivity index (χ1v) is 7.11. The molecule has 1 heterocycles. The number of hydrogen-bond acceptors (Lipinski definition) is 4. The van der Waals surface area contributed by atoms with Crippen LogP contribution >= 0.6 is 11.6 Å². The lowest BCUT2D eigenvalue weighted by molar-refractivity contribution is 0.281. The zero-order chi connectivity index (χ0) is 15.5. The van der Waals surface area contributed by atoms with Crippen molar-refractivity contribution in [2.75, 3.05) is 7.11 Å². The van der Waals surface area contributed by atoms with E-state index in [1.807, 2.05) is 42.5 Å². The van der Waals surface area contributed by atoms with Crippen molar-refractivity contribution in [3.63, 3.8) is 0 Å². The van der Waals surface area contributed by atoms with Crippen LogP contribution in [0.4, 0.5) is 0 Å². The molecule has 0 aliphatic rings. The van der Waals surface area contributed by atoms with E-state index in [1.165, 1.54) is 0 Å². The zero-order valence-electron chi connectivity index (χ0n) is 11.9. The summed E-state index contributed by atoms with van der Waals surface area (Å²) in [4.78, 5) is 0. The molecule has 0 amide bonds. The molecule has 0 atom stereocenters. The van der Waals surface area contributed by atoms with Crippen LogP contribution in [0.2, 0.25) is 5.02 Å². The highest BCUT2D eigenvalue weighted by Crippen LogP contribution is 2.35. The Morgan fingerprint density at radius 2 is 1.86 bits per heavy atom. The molecular weight excluding hydrogens is 302 g/mol. The Hall–Kier alpha value is -2.30. The van der Waals surface area contributed by atoms with Gasteiger partial charge in [0.05, 0.1) is 24.3 Å². The topological polar surface area (TPSA) is 55.5 Å². The van der Waals surface area contributed by atoms with Gasteiger partial charge in [-0.2, -0.15) is 0 Å². The van der Waals surface area contributed by atoms with Crippen molar-refractivity contribution in [3.8, 4) is 28.3 Å². The third-order valence-corrected chi connectivity index (χ3v) is 3.76. The molecule has 2 aromatic carbocycles. The molecule has 0 aliphatic heterocycles. The van der Waals surface area contributed by atoms with Gasteiger partial charge in [-0.1, -0.05) is 35.0 Å². The minimum absolute atomic E-state index is 0.189. The lowest BCUT2D eigenvalue weighted by atomic mass is 10.0. The predicted octanol–water partition coefficient (Wildman–Crippen LogP) is 4.16. The van der Waals surface area contributed by atoms with Crippen LogP contribution in [-0.2, 0) is 6.61 Å². The van der Waals surface area contributed by atoms with Gasteiger partial charge in [0.2, 0.25) is 0 Å². The minimum atomic E-state index is -0.189. The molecule has 3 rings (SSSR count). The second-order valence-electron chi connectivity index (χ2n) is 4.71. The third-order valence-electron chi connectivity index (χ3n) is 3.43. The van der Waals surface area contributed by atoms with Gasteiger partial charge in [0.25, 0.3) is 0 Å². The smallest absolute Gasteiger partial charge is 0.173 e. The van der Waals surface area contributed by atoms with E-state index >= 15 is 0 Å². The average molecular weight is 316 g/mol. The van der Waals surface area contributed by atoms with Crippen LogP contribution in [-0.4, -0.2) is 17.4 Å². The Bertz CT molecular complexity index is 781. The van der Waals surface area contributed by atoms with Gasteiger partial charge in [-0.05, 0) is 30.3 Å². The summed E-state index contributed by atoms with van der Waals surface area (Å²) >= 11 is 6.20. The van der Waals surface area contributed by atoms with Crippen molar-refractivity contribution in [1.82, 2.24) is 5.16 Å². The molecule has 0 saturated heterocycles. The molecule has 0 spiro atoms. The van der Waals surface area contributed by atoms with E-state index < -0.39 is 0 Å². The van der Waals surface area contributed by atoms with Crippen LogP contribution in [0.5, 0.6) is 5.75 Å². The quantitative estimate of drug-likeness (QED) is 0.785. The van der Waals surface area contributed by atoms with E-state index in [2.05, 4.69) is 5.16 Å². The van der Waals surface area contributed by atoms with Crippen molar-refractivity contribution >= 4 is 11.6 Å². The molecular formula is C17H14ClNO3. The summed E-state index contributed by atoms with van der Waals surface area (Å²) in [5.74, 6) is 1.28. The van der Waals surface area contributed by atoms with Crippen LogP contribution in [0, 0.1) is 0 Å². The maximum absolute atomic E-state index is 9.73. The number of aliphatic hydroxyl groups is 1. The third kappa shape index (κ3) is 2.58. The standard InChI is InChI=1S/C17H14ClNO3/c1-21-12-8-6-11(7-9-12)17-14(10-20)16(19-22-17)13-4-2-3-5-15(13)18/h2-9,20H,10H2,1H3. The number of aromatic nitrogens is 1. The van der Waals surface area contributed by atoms with Gasteiger partial charge in [0, 0.05) is 11.1 Å². The predicted molar refractivity (Wildman–Crippen MR) is 84.9 cm³/mol. The van der Waals surface area contributed by atoms with Crippen molar-refractivity contribution in [3.05, 3.63) is 59.1 Å². The highest BCUT2D eigenvalue weighted by atomic mass is 35.5. The molecule has 0 saturated carbocycles. The van der Waals surface area contributed by atoms with Gasteiger partial charge in [0.1, 0.15) is 11.4 Å². The van der Waals surface area contributed by atoms with E-state index in [-0.39, 0.29) is 6.61 Å². The van der Waals surface area contributed by atoms with Gasteiger partial charge in [0.15, 0.2) is 5.76 Å². The monoisotopic (exact) mass is 315 g/mol. The summed E-state index contributed by atoms with van der Waals surface area (Å²) in [7, 11) is 1.61. The van der Waals surface area contributed by atoms with Gasteiger partial charge in [-0.3, -0.25) is 0 Å². The highest BCUT2D eigenvalue weighted by molar-refractivity contribution is 6.33. The molecule has 4 nitrogen and oxygen atoms in total. The number of rotatable bonds is 4. The Kier molecular flexibility index (Phi) is 4.13. The van der Waals surface area contributed by atoms with Gasteiger partial charge < -0.3 is 14.4 Å². The molecule has 0 unspecified atom stereocenters. The molecule has 1 aromatic heterocycles. The zero-order valence-corrected chi connectivity index (χ0v) is 12.7. The Morgan fingerprint density at radius 1 is 1.14 bits per heavy atom. The van der Waals surface area contributed by atoms with E-state index in [9.17, 15) is 5.11 Å². The Balaban J connectivity index is 2.09. The van der Waals surface area contributed by atoms with Crippen LogP contribution in [0.1, 0.15) is 5.56 Å². The molecule has 0 aliphatic carbocycles. The molecule has 5 heteroatoms. The second kappa shape index (κ2) is 6.22. The Labute approximate surface area is 132 Å². The fourth-order valence-electron chi connectivity index (χ4n) is 2.29. The first-order valence-electron chi connectivity index (χ1n) is 6.73. The van der Waals surface area contributed by atoms with Gasteiger partial charge in [-0.25, -0.2) is 0 Å². The molecule has 112 valence electrons. The maximum atomic E-state index is 9.73. The lowest BCUT2D eigenvalue weighted by Crippen LogP contribution is -1.90. The second-order valence-corrected chi connectivity index (χ2v) is 5.11. The first kappa shape index (κ1) is 14.6. The van der Waals surface area contributed by atoms with E-state index in [1.54, 1.807) is 13.2 Å². The molecule has 3 aromatic rings. The number of halogens is 1. The van der Waals surface area contributed by atoms with Crippen molar-refractivity contribution < 1.29 is 14.4 Å². The number of aliphatic hydroxyl groups excluding tert-OH is 1. The van der Waals surface area contributed by atoms with E-state index in [4.69, 9.17) is 20.9 Å². The number of benzene rings is 2. The fraction of sp³-hybridized carbons (Fsp3) is 0.118. The Morgan fingerprint density at radius 3 is 2.50 bits per heavy atom. The van der Waals surface area contributed by atoms with Crippen LogP contribution in [0.25, 0.3) is 22.6 Å². The molecule has 0 bridgehead atoms. The molecule has 0 radical (unpaired) electrons. The fourth-order valence-corrected chi connectivity index (χ4v) is 2.52. The van der Waals surface area contributed by atoms with Gasteiger partial charge in [-0.15, -0.1) is 0 Å². The summed E-state index contributed by atoms with van der Waals surface area (Å²) in [6.07, 6.45) is 0. The normalized spacial score (nSPS) is 10.7. The summed E-state index contributed by atoms with van der Waals surface area (Å²) < 4.78 is 10.6. The molecule has 22 heavy (non-hydrogen) atoms. The lowest BCUT2D eigenvalue weighted by Gasteiger charge is -2.04. The summed E-state index contributed by atoms with van der Waals surface area (Å²) in [6.45, 7) is -0.189. The van der Waals surface area contributed by atoms with E-state index in [0.717, 1.165) is 16.9 Å². The number of nitrogens with zero attached hydrogens (tertiary/aromatic N) is 1. The van der Waals surface area contributed by atoms with Gasteiger partial charge >= 0.3 is 0 Å². The SMILES string of the molecule is COc1ccc(-c2onc(-c3ccccc3Cl)c2CO)cc1. The maximum Gasteiger partial charge on any atom is 0.173 e. The van der Waals surface area contributed by atoms with Crippen molar-refractivity contribution in [2.24, 2.45) is 0 Å². The molecule has 1 N–H and O–H groups in total. The van der Waals surface area contributed by atoms with Crippen LogP contribution in [0.15, 0.2) is 53.1 Å². The summed E-state index contributed by atoms with van der Waals surface area (Å²) in [6, 6.07) is 14.7. The van der Waals surface area contributed by atoms with Crippen molar-refractivity contribution in [1.29, 1.82) is 0 Å². The van der Waals surface area contributed by atoms with E-state index in [0.29, 0.717) is 22.0 Å². The van der Waals surface area contributed by atoms with Crippen LogP contribution < -0.4 is 4.74 Å². The summed E-state index contributed by atoms with van der Waals surface area (Å²) in [5, 5.41) is 14.4. The van der Waals surface area contributed by atoms with Crippen molar-refractivity contribution in [2.45, 2.75) is 6.61 Å². The number of ether oxygens (including phenoxy) is 1. The highest BCUT2D eigenvalue weighted by Gasteiger charge is 2.19.